The van der Waals surface area contributed by atoms with Crippen LogP contribution in [0.5, 0.6) is 0 Å². The van der Waals surface area contributed by atoms with Crippen molar-refractivity contribution in [1.82, 2.24) is 9.78 Å². The van der Waals surface area contributed by atoms with Gasteiger partial charge in [-0.05, 0) is 30.2 Å². The summed E-state index contributed by atoms with van der Waals surface area (Å²) in [7, 11) is 1.87. The number of halogens is 1. The van der Waals surface area contributed by atoms with E-state index >= 15 is 0 Å². The summed E-state index contributed by atoms with van der Waals surface area (Å²) in [6.07, 6.45) is 0. The molecule has 0 spiro atoms. The topological polar surface area (TPSA) is 43.8 Å². The van der Waals surface area contributed by atoms with Gasteiger partial charge in [-0.2, -0.15) is 5.10 Å². The van der Waals surface area contributed by atoms with Crippen molar-refractivity contribution < 1.29 is 0 Å². The Morgan fingerprint density at radius 1 is 1.05 bits per heavy atom. The number of hydrogen-bond acceptors (Lipinski definition) is 2. The number of hydrogen-bond donors (Lipinski definition) is 1. The van der Waals surface area contributed by atoms with Gasteiger partial charge in [-0.25, -0.2) is 0 Å². The van der Waals surface area contributed by atoms with Crippen molar-refractivity contribution in [2.24, 2.45) is 7.05 Å². The van der Waals surface area contributed by atoms with E-state index in [2.05, 4.69) is 52.2 Å². The van der Waals surface area contributed by atoms with Crippen molar-refractivity contribution in [2.45, 2.75) is 6.92 Å². The molecule has 0 amide bonds. The SMILES string of the molecule is Cc1ccccc1-c1nn(C)c(N)c1-c1ccc(Br)cc1. The Labute approximate surface area is 132 Å². The summed E-state index contributed by atoms with van der Waals surface area (Å²) in [5.41, 5.74) is 11.5. The summed E-state index contributed by atoms with van der Waals surface area (Å²) in [5.74, 6) is 0.676. The number of nitrogens with zero attached hydrogens (tertiary/aromatic N) is 2. The van der Waals surface area contributed by atoms with Crippen LogP contribution >= 0.6 is 15.9 Å². The summed E-state index contributed by atoms with van der Waals surface area (Å²) < 4.78 is 2.78. The number of anilines is 1. The summed E-state index contributed by atoms with van der Waals surface area (Å²) in [6, 6.07) is 16.4. The maximum Gasteiger partial charge on any atom is 0.129 e. The van der Waals surface area contributed by atoms with Crippen LogP contribution in [0.15, 0.2) is 53.0 Å². The maximum atomic E-state index is 6.25. The minimum atomic E-state index is 0.676. The predicted octanol–water partition coefficient (Wildman–Crippen LogP) is 4.41. The Kier molecular flexibility index (Phi) is 3.55. The van der Waals surface area contributed by atoms with Gasteiger partial charge in [0, 0.05) is 17.1 Å². The normalized spacial score (nSPS) is 10.8. The van der Waals surface area contributed by atoms with Crippen LogP contribution in [-0.4, -0.2) is 9.78 Å². The van der Waals surface area contributed by atoms with Crippen molar-refractivity contribution in [3.8, 4) is 22.4 Å². The van der Waals surface area contributed by atoms with Crippen LogP contribution in [0, 0.1) is 6.92 Å². The molecule has 0 aliphatic heterocycles. The molecule has 0 atom stereocenters. The van der Waals surface area contributed by atoms with Gasteiger partial charge < -0.3 is 5.73 Å². The average Bonchev–Trinajstić information content (AvgIpc) is 2.76. The van der Waals surface area contributed by atoms with Crippen molar-refractivity contribution >= 4 is 21.7 Å². The Balaban J connectivity index is 2.26. The van der Waals surface area contributed by atoms with E-state index in [0.29, 0.717) is 5.82 Å². The number of rotatable bonds is 2. The Bertz CT molecular complexity index is 788. The van der Waals surface area contributed by atoms with Crippen molar-refractivity contribution in [3.63, 3.8) is 0 Å². The lowest BCUT2D eigenvalue weighted by molar-refractivity contribution is 0.782. The van der Waals surface area contributed by atoms with E-state index in [1.165, 1.54) is 5.56 Å². The molecule has 0 aliphatic carbocycles. The molecule has 0 radical (unpaired) electrons. The van der Waals surface area contributed by atoms with Crippen LogP contribution < -0.4 is 5.73 Å². The second-order valence-corrected chi connectivity index (χ2v) is 5.97. The van der Waals surface area contributed by atoms with Gasteiger partial charge in [-0.1, -0.05) is 52.3 Å². The molecule has 0 bridgehead atoms. The van der Waals surface area contributed by atoms with Crippen molar-refractivity contribution in [2.75, 3.05) is 5.73 Å². The van der Waals surface area contributed by atoms with Gasteiger partial charge in [0.1, 0.15) is 11.5 Å². The molecule has 0 fully saturated rings. The van der Waals surface area contributed by atoms with Gasteiger partial charge >= 0.3 is 0 Å². The van der Waals surface area contributed by atoms with Gasteiger partial charge in [0.05, 0.1) is 5.56 Å². The molecule has 2 aromatic carbocycles. The lowest BCUT2D eigenvalue weighted by Crippen LogP contribution is -1.97. The van der Waals surface area contributed by atoms with Crippen LogP contribution in [0.4, 0.5) is 5.82 Å². The summed E-state index contributed by atoms with van der Waals surface area (Å²) in [6.45, 7) is 2.09. The zero-order chi connectivity index (χ0) is 15.0. The highest BCUT2D eigenvalue weighted by Crippen LogP contribution is 2.37. The fraction of sp³-hybridized carbons (Fsp3) is 0.118. The van der Waals surface area contributed by atoms with Crippen molar-refractivity contribution in [1.29, 1.82) is 0 Å². The summed E-state index contributed by atoms with van der Waals surface area (Å²) in [5, 5.41) is 4.62. The van der Waals surface area contributed by atoms with Crippen LogP contribution in [-0.2, 0) is 7.05 Å². The van der Waals surface area contributed by atoms with E-state index < -0.39 is 0 Å². The van der Waals surface area contributed by atoms with E-state index in [1.807, 2.05) is 31.3 Å². The Morgan fingerprint density at radius 2 is 1.71 bits per heavy atom. The fourth-order valence-electron chi connectivity index (χ4n) is 2.47. The Morgan fingerprint density at radius 3 is 2.38 bits per heavy atom. The molecule has 3 rings (SSSR count). The first kappa shape index (κ1) is 13.9. The molecule has 3 nitrogen and oxygen atoms in total. The van der Waals surface area contributed by atoms with Gasteiger partial charge in [-0.3, -0.25) is 4.68 Å². The molecule has 21 heavy (non-hydrogen) atoms. The largest absolute Gasteiger partial charge is 0.383 e. The number of nitrogen functional groups attached to an aromatic ring is 1. The van der Waals surface area contributed by atoms with E-state index in [9.17, 15) is 0 Å². The fourth-order valence-corrected chi connectivity index (χ4v) is 2.73. The zero-order valence-electron chi connectivity index (χ0n) is 12.0. The van der Waals surface area contributed by atoms with Crippen molar-refractivity contribution in [3.05, 3.63) is 58.6 Å². The molecule has 0 saturated carbocycles. The standard InChI is InChI=1S/C17H16BrN3/c1-11-5-3-4-6-14(11)16-15(17(19)21(2)20-16)12-7-9-13(18)10-8-12/h3-10H,19H2,1-2H3. The van der Waals surface area contributed by atoms with E-state index in [0.717, 1.165) is 26.9 Å². The molecule has 3 aromatic rings. The third-order valence-electron chi connectivity index (χ3n) is 3.62. The molecule has 0 aliphatic rings. The minimum absolute atomic E-state index is 0.676. The number of aromatic nitrogens is 2. The van der Waals surface area contributed by atoms with E-state index in [1.54, 1.807) is 4.68 Å². The highest BCUT2D eigenvalue weighted by Gasteiger charge is 2.18. The second-order valence-electron chi connectivity index (χ2n) is 5.05. The quantitative estimate of drug-likeness (QED) is 0.750. The van der Waals surface area contributed by atoms with Crippen LogP contribution in [0.1, 0.15) is 5.56 Å². The molecule has 0 saturated heterocycles. The third kappa shape index (κ3) is 2.47. The Hall–Kier alpha value is -2.07. The highest BCUT2D eigenvalue weighted by atomic mass is 79.9. The van der Waals surface area contributed by atoms with Gasteiger partial charge in [0.15, 0.2) is 0 Å². The lowest BCUT2D eigenvalue weighted by Gasteiger charge is -2.07. The molecule has 1 aromatic heterocycles. The van der Waals surface area contributed by atoms with Crippen LogP contribution in [0.2, 0.25) is 0 Å². The number of aryl methyl sites for hydroxylation is 2. The molecule has 0 unspecified atom stereocenters. The molecule has 4 heteroatoms. The molecular formula is C17H16BrN3. The van der Waals surface area contributed by atoms with E-state index in [-0.39, 0.29) is 0 Å². The maximum absolute atomic E-state index is 6.25. The second kappa shape index (κ2) is 5.37. The molecular weight excluding hydrogens is 326 g/mol. The zero-order valence-corrected chi connectivity index (χ0v) is 13.6. The summed E-state index contributed by atoms with van der Waals surface area (Å²) in [4.78, 5) is 0. The third-order valence-corrected chi connectivity index (χ3v) is 4.15. The van der Waals surface area contributed by atoms with Gasteiger partial charge in [0.25, 0.3) is 0 Å². The van der Waals surface area contributed by atoms with Crippen LogP contribution in [0.25, 0.3) is 22.4 Å². The van der Waals surface area contributed by atoms with E-state index in [4.69, 9.17) is 5.73 Å². The monoisotopic (exact) mass is 341 g/mol. The lowest BCUT2D eigenvalue weighted by atomic mass is 9.98. The van der Waals surface area contributed by atoms with Crippen LogP contribution in [0.3, 0.4) is 0 Å². The minimum Gasteiger partial charge on any atom is -0.383 e. The summed E-state index contributed by atoms with van der Waals surface area (Å²) >= 11 is 3.46. The predicted molar refractivity (Wildman–Crippen MR) is 90.9 cm³/mol. The highest BCUT2D eigenvalue weighted by molar-refractivity contribution is 9.10. The first-order chi connectivity index (χ1) is 10.1. The molecule has 106 valence electrons. The molecule has 1 heterocycles. The van der Waals surface area contributed by atoms with Gasteiger partial charge in [-0.15, -0.1) is 0 Å². The average molecular weight is 342 g/mol. The molecule has 2 N–H and O–H groups in total. The number of nitrogens with two attached hydrogens (primary N) is 1. The van der Waals surface area contributed by atoms with Gasteiger partial charge in [0.2, 0.25) is 0 Å². The first-order valence-electron chi connectivity index (χ1n) is 6.72. The number of benzene rings is 2. The first-order valence-corrected chi connectivity index (χ1v) is 7.51. The smallest absolute Gasteiger partial charge is 0.129 e.